The summed E-state index contributed by atoms with van der Waals surface area (Å²) in [7, 11) is 0. The van der Waals surface area contributed by atoms with Crippen molar-refractivity contribution < 1.29 is 4.79 Å². The molecule has 0 aliphatic rings. The van der Waals surface area contributed by atoms with Crippen LogP contribution < -0.4 is 5.32 Å². The maximum Gasteiger partial charge on any atom is 0.228 e. The molecule has 2 rings (SSSR count). The highest BCUT2D eigenvalue weighted by atomic mass is 79.9. The molecule has 19 heavy (non-hydrogen) atoms. The third kappa shape index (κ3) is 3.93. The summed E-state index contributed by atoms with van der Waals surface area (Å²) >= 11 is 3.44. The number of aryl methyl sites for hydroxylation is 1. The fourth-order valence-corrected chi connectivity index (χ4v) is 2.36. The monoisotopic (exact) mass is 317 g/mol. The molecule has 0 saturated carbocycles. The average molecular weight is 318 g/mol. The normalized spacial score (nSPS) is 10.2. The Labute approximate surface area is 122 Å². The van der Waals surface area contributed by atoms with Crippen molar-refractivity contribution in [2.45, 2.75) is 19.8 Å². The lowest BCUT2D eigenvalue weighted by Crippen LogP contribution is -2.15. The van der Waals surface area contributed by atoms with E-state index in [0.717, 1.165) is 27.7 Å². The van der Waals surface area contributed by atoms with E-state index in [1.165, 1.54) is 0 Å². The number of anilines is 1. The first kappa shape index (κ1) is 13.8. The molecule has 0 saturated heterocycles. The van der Waals surface area contributed by atoms with Gasteiger partial charge in [0.15, 0.2) is 0 Å². The Kier molecular flexibility index (Phi) is 4.74. The zero-order chi connectivity index (χ0) is 13.7. The summed E-state index contributed by atoms with van der Waals surface area (Å²) < 4.78 is 1.03. The Morgan fingerprint density at radius 3 is 2.58 bits per heavy atom. The van der Waals surface area contributed by atoms with Gasteiger partial charge in [-0.2, -0.15) is 0 Å². The van der Waals surface area contributed by atoms with Crippen molar-refractivity contribution in [1.29, 1.82) is 0 Å². The number of benzene rings is 2. The van der Waals surface area contributed by atoms with Gasteiger partial charge in [-0.1, -0.05) is 53.2 Å². The van der Waals surface area contributed by atoms with E-state index in [1.807, 2.05) is 48.5 Å². The molecule has 98 valence electrons. The minimum absolute atomic E-state index is 0.0169. The van der Waals surface area contributed by atoms with Crippen LogP contribution in [0.2, 0.25) is 0 Å². The standard InChI is InChI=1S/C16H16BrNO/c1-2-13-11-14(17)8-9-15(13)18-16(19)10-12-6-4-3-5-7-12/h3-9,11H,2,10H2,1H3,(H,18,19). The second-order valence-electron chi connectivity index (χ2n) is 4.37. The Hall–Kier alpha value is -1.61. The van der Waals surface area contributed by atoms with Crippen LogP contribution >= 0.6 is 15.9 Å². The number of nitrogens with one attached hydrogen (secondary N) is 1. The number of rotatable bonds is 4. The van der Waals surface area contributed by atoms with Crippen LogP contribution in [-0.4, -0.2) is 5.91 Å². The lowest BCUT2D eigenvalue weighted by molar-refractivity contribution is -0.115. The van der Waals surface area contributed by atoms with E-state index in [0.29, 0.717) is 6.42 Å². The molecule has 0 spiro atoms. The number of amides is 1. The zero-order valence-electron chi connectivity index (χ0n) is 10.8. The molecule has 1 amide bonds. The lowest BCUT2D eigenvalue weighted by Gasteiger charge is -2.10. The summed E-state index contributed by atoms with van der Waals surface area (Å²) in [6, 6.07) is 15.7. The molecule has 3 heteroatoms. The molecule has 0 aliphatic carbocycles. The molecule has 2 nitrogen and oxygen atoms in total. The van der Waals surface area contributed by atoms with Gasteiger partial charge in [-0.3, -0.25) is 4.79 Å². The molecule has 2 aromatic carbocycles. The quantitative estimate of drug-likeness (QED) is 0.900. The summed E-state index contributed by atoms with van der Waals surface area (Å²) in [4.78, 5) is 12.0. The number of carbonyl (C=O) groups excluding carboxylic acids is 1. The van der Waals surface area contributed by atoms with Crippen molar-refractivity contribution >= 4 is 27.5 Å². The number of halogens is 1. The van der Waals surface area contributed by atoms with E-state index in [-0.39, 0.29) is 5.91 Å². The topological polar surface area (TPSA) is 29.1 Å². The molecular formula is C16H16BrNO. The second kappa shape index (κ2) is 6.53. The maximum absolute atomic E-state index is 12.0. The van der Waals surface area contributed by atoms with Gasteiger partial charge >= 0.3 is 0 Å². The van der Waals surface area contributed by atoms with Crippen LogP contribution in [0.3, 0.4) is 0 Å². The van der Waals surface area contributed by atoms with E-state index in [9.17, 15) is 4.79 Å². The smallest absolute Gasteiger partial charge is 0.228 e. The third-order valence-corrected chi connectivity index (χ3v) is 3.42. The van der Waals surface area contributed by atoms with Gasteiger partial charge in [0.2, 0.25) is 5.91 Å². The number of hydrogen-bond donors (Lipinski definition) is 1. The maximum atomic E-state index is 12.0. The van der Waals surface area contributed by atoms with E-state index < -0.39 is 0 Å². The van der Waals surface area contributed by atoms with Crippen LogP contribution in [0.15, 0.2) is 53.0 Å². The first-order valence-electron chi connectivity index (χ1n) is 6.31. The second-order valence-corrected chi connectivity index (χ2v) is 5.28. The molecule has 0 bridgehead atoms. The summed E-state index contributed by atoms with van der Waals surface area (Å²) in [5.41, 5.74) is 3.05. The molecule has 0 radical (unpaired) electrons. The van der Waals surface area contributed by atoms with Crippen LogP contribution in [0.1, 0.15) is 18.1 Å². The van der Waals surface area contributed by atoms with Crippen molar-refractivity contribution in [2.24, 2.45) is 0 Å². The van der Waals surface area contributed by atoms with Crippen LogP contribution in [0.5, 0.6) is 0 Å². The molecule has 2 aromatic rings. The molecule has 0 unspecified atom stereocenters. The van der Waals surface area contributed by atoms with Crippen LogP contribution in [0, 0.1) is 0 Å². The fraction of sp³-hybridized carbons (Fsp3) is 0.188. The molecule has 0 aliphatic heterocycles. The fourth-order valence-electron chi connectivity index (χ4n) is 1.95. The molecule has 0 heterocycles. The van der Waals surface area contributed by atoms with Gasteiger partial charge in [0.25, 0.3) is 0 Å². The highest BCUT2D eigenvalue weighted by Gasteiger charge is 2.07. The van der Waals surface area contributed by atoms with Crippen LogP contribution in [0.4, 0.5) is 5.69 Å². The van der Waals surface area contributed by atoms with Crippen molar-refractivity contribution in [3.63, 3.8) is 0 Å². The molecule has 0 atom stereocenters. The molecule has 1 N–H and O–H groups in total. The SMILES string of the molecule is CCc1cc(Br)ccc1NC(=O)Cc1ccccc1. The van der Waals surface area contributed by atoms with Gasteiger partial charge in [-0.05, 0) is 35.7 Å². The molecular weight excluding hydrogens is 302 g/mol. The molecule has 0 aromatic heterocycles. The predicted octanol–water partition coefficient (Wildman–Crippen LogP) is 4.19. The van der Waals surface area contributed by atoms with Crippen molar-refractivity contribution in [1.82, 2.24) is 0 Å². The van der Waals surface area contributed by atoms with E-state index in [4.69, 9.17) is 0 Å². The van der Waals surface area contributed by atoms with Gasteiger partial charge in [-0.25, -0.2) is 0 Å². The van der Waals surface area contributed by atoms with E-state index in [2.05, 4.69) is 28.2 Å². The third-order valence-electron chi connectivity index (χ3n) is 2.93. The largest absolute Gasteiger partial charge is 0.326 e. The minimum Gasteiger partial charge on any atom is -0.326 e. The zero-order valence-corrected chi connectivity index (χ0v) is 12.4. The van der Waals surface area contributed by atoms with Crippen LogP contribution in [0.25, 0.3) is 0 Å². The Balaban J connectivity index is 2.07. The Morgan fingerprint density at radius 1 is 1.16 bits per heavy atom. The van der Waals surface area contributed by atoms with Gasteiger partial charge in [0.1, 0.15) is 0 Å². The summed E-state index contributed by atoms with van der Waals surface area (Å²) in [6.07, 6.45) is 1.29. The van der Waals surface area contributed by atoms with Crippen molar-refractivity contribution in [2.75, 3.05) is 5.32 Å². The van der Waals surface area contributed by atoms with Crippen molar-refractivity contribution in [3.8, 4) is 0 Å². The first-order chi connectivity index (χ1) is 9.19. The molecule has 0 fully saturated rings. The van der Waals surface area contributed by atoms with Crippen molar-refractivity contribution in [3.05, 3.63) is 64.1 Å². The highest BCUT2D eigenvalue weighted by molar-refractivity contribution is 9.10. The van der Waals surface area contributed by atoms with E-state index >= 15 is 0 Å². The van der Waals surface area contributed by atoms with Crippen LogP contribution in [-0.2, 0) is 17.6 Å². The Morgan fingerprint density at radius 2 is 1.89 bits per heavy atom. The van der Waals surface area contributed by atoms with Gasteiger partial charge in [-0.15, -0.1) is 0 Å². The van der Waals surface area contributed by atoms with E-state index in [1.54, 1.807) is 0 Å². The summed E-state index contributed by atoms with van der Waals surface area (Å²) in [5, 5.41) is 2.98. The minimum atomic E-state index is 0.0169. The van der Waals surface area contributed by atoms with Gasteiger partial charge in [0, 0.05) is 10.2 Å². The van der Waals surface area contributed by atoms with Gasteiger partial charge < -0.3 is 5.32 Å². The summed E-state index contributed by atoms with van der Waals surface area (Å²) in [5.74, 6) is 0.0169. The number of carbonyl (C=O) groups is 1. The average Bonchev–Trinajstić information content (AvgIpc) is 2.42. The first-order valence-corrected chi connectivity index (χ1v) is 7.10. The highest BCUT2D eigenvalue weighted by Crippen LogP contribution is 2.21. The number of hydrogen-bond acceptors (Lipinski definition) is 1. The summed E-state index contributed by atoms with van der Waals surface area (Å²) in [6.45, 7) is 2.08. The Bertz CT molecular complexity index is 566. The lowest BCUT2D eigenvalue weighted by atomic mass is 10.1. The predicted molar refractivity (Wildman–Crippen MR) is 82.3 cm³/mol. The van der Waals surface area contributed by atoms with Gasteiger partial charge in [0.05, 0.1) is 6.42 Å².